The molecule has 0 aliphatic heterocycles. The van der Waals surface area contributed by atoms with E-state index < -0.39 is 11.6 Å². The van der Waals surface area contributed by atoms with Crippen LogP contribution in [0.4, 0.5) is 20.2 Å². The lowest BCUT2D eigenvalue weighted by Crippen LogP contribution is -1.97. The summed E-state index contributed by atoms with van der Waals surface area (Å²) in [6, 6.07) is 6.61. The van der Waals surface area contributed by atoms with Crippen LogP contribution in [0.5, 0.6) is 0 Å². The van der Waals surface area contributed by atoms with Crippen LogP contribution in [0.2, 0.25) is 5.02 Å². The summed E-state index contributed by atoms with van der Waals surface area (Å²) in [4.78, 5) is 3.81. The van der Waals surface area contributed by atoms with E-state index in [2.05, 4.69) is 10.3 Å². The molecule has 0 spiro atoms. The minimum absolute atomic E-state index is 0.0374. The van der Waals surface area contributed by atoms with Crippen LogP contribution < -0.4 is 5.32 Å². The van der Waals surface area contributed by atoms with Crippen molar-refractivity contribution in [1.29, 1.82) is 5.26 Å². The first-order valence-corrected chi connectivity index (χ1v) is 5.25. The van der Waals surface area contributed by atoms with Gasteiger partial charge in [-0.3, -0.25) is 0 Å². The van der Waals surface area contributed by atoms with E-state index in [-0.39, 0.29) is 16.4 Å². The molecule has 0 fully saturated rings. The summed E-state index contributed by atoms with van der Waals surface area (Å²) >= 11 is 5.73. The highest BCUT2D eigenvalue weighted by Crippen LogP contribution is 2.29. The van der Waals surface area contributed by atoms with Crippen molar-refractivity contribution in [2.75, 3.05) is 5.32 Å². The number of halogens is 3. The van der Waals surface area contributed by atoms with E-state index in [9.17, 15) is 8.78 Å². The van der Waals surface area contributed by atoms with E-state index in [0.717, 1.165) is 12.1 Å². The van der Waals surface area contributed by atoms with Crippen LogP contribution in [0.15, 0.2) is 30.5 Å². The van der Waals surface area contributed by atoms with Gasteiger partial charge in [-0.25, -0.2) is 13.8 Å². The molecule has 0 bridgehead atoms. The predicted molar refractivity (Wildman–Crippen MR) is 63.6 cm³/mol. The van der Waals surface area contributed by atoms with Gasteiger partial charge in [0.05, 0.1) is 22.6 Å². The summed E-state index contributed by atoms with van der Waals surface area (Å²) in [7, 11) is 0. The summed E-state index contributed by atoms with van der Waals surface area (Å²) < 4.78 is 26.3. The number of rotatable bonds is 2. The van der Waals surface area contributed by atoms with Gasteiger partial charge in [0, 0.05) is 6.07 Å². The largest absolute Gasteiger partial charge is 0.351 e. The van der Waals surface area contributed by atoms with Crippen LogP contribution in [0, 0.1) is 23.0 Å². The van der Waals surface area contributed by atoms with Gasteiger partial charge >= 0.3 is 0 Å². The fraction of sp³-hybridized carbons (Fsp3) is 0. The lowest BCUT2D eigenvalue weighted by molar-refractivity contribution is 0.586. The maximum absolute atomic E-state index is 13.5. The number of hydrogen-bond donors (Lipinski definition) is 1. The van der Waals surface area contributed by atoms with Gasteiger partial charge in [0.2, 0.25) is 0 Å². The first kappa shape index (κ1) is 12.3. The average molecular weight is 266 g/mol. The topological polar surface area (TPSA) is 48.7 Å². The predicted octanol–water partition coefficient (Wildman–Crippen LogP) is 3.63. The molecule has 2 aromatic rings. The van der Waals surface area contributed by atoms with E-state index in [4.69, 9.17) is 16.9 Å². The van der Waals surface area contributed by atoms with Crippen LogP contribution in [-0.4, -0.2) is 4.98 Å². The van der Waals surface area contributed by atoms with Crippen LogP contribution in [0.3, 0.4) is 0 Å². The number of nitrogens with one attached hydrogen (secondary N) is 1. The molecule has 1 aromatic heterocycles. The number of aromatic nitrogens is 1. The second kappa shape index (κ2) is 4.98. The molecule has 0 radical (unpaired) electrons. The lowest BCUT2D eigenvalue weighted by Gasteiger charge is -2.09. The van der Waals surface area contributed by atoms with E-state index in [1.165, 1.54) is 12.3 Å². The molecule has 0 saturated carbocycles. The molecule has 18 heavy (non-hydrogen) atoms. The zero-order valence-corrected chi connectivity index (χ0v) is 9.67. The molecule has 0 unspecified atom stereocenters. The Morgan fingerprint density at radius 2 is 2.06 bits per heavy atom. The first-order chi connectivity index (χ1) is 8.60. The van der Waals surface area contributed by atoms with Gasteiger partial charge < -0.3 is 5.32 Å². The van der Waals surface area contributed by atoms with Gasteiger partial charge in [0.25, 0.3) is 0 Å². The highest BCUT2D eigenvalue weighted by Gasteiger charge is 2.10. The van der Waals surface area contributed by atoms with Crippen molar-refractivity contribution in [3.63, 3.8) is 0 Å². The Morgan fingerprint density at radius 3 is 2.61 bits per heavy atom. The summed E-state index contributed by atoms with van der Waals surface area (Å²) in [5, 5.41) is 11.2. The second-order valence-corrected chi connectivity index (χ2v) is 3.82. The molecule has 0 aliphatic carbocycles. The minimum atomic E-state index is -0.802. The van der Waals surface area contributed by atoms with Crippen LogP contribution in [0.25, 0.3) is 0 Å². The fourth-order valence-electron chi connectivity index (χ4n) is 1.34. The number of anilines is 2. The van der Waals surface area contributed by atoms with Gasteiger partial charge in [-0.05, 0) is 18.2 Å². The van der Waals surface area contributed by atoms with Gasteiger partial charge in [-0.15, -0.1) is 0 Å². The number of pyridine rings is 1. The van der Waals surface area contributed by atoms with Crippen LogP contribution in [0.1, 0.15) is 5.69 Å². The smallest absolute Gasteiger partial charge is 0.151 e. The Morgan fingerprint density at radius 1 is 1.28 bits per heavy atom. The average Bonchev–Trinajstić information content (AvgIpc) is 2.34. The van der Waals surface area contributed by atoms with Gasteiger partial charge in [0.15, 0.2) is 5.82 Å². The molecule has 1 N–H and O–H groups in total. The Labute approximate surface area is 107 Å². The molecular formula is C12H6ClF2N3. The molecule has 0 aliphatic rings. The minimum Gasteiger partial charge on any atom is -0.351 e. The quantitative estimate of drug-likeness (QED) is 0.902. The maximum Gasteiger partial charge on any atom is 0.151 e. The molecule has 1 heterocycles. The highest BCUT2D eigenvalue weighted by atomic mass is 35.5. The SMILES string of the molecule is N#Cc1ccc(Nc2c(F)cc(F)cc2Cl)cn1. The van der Waals surface area contributed by atoms with Crippen molar-refractivity contribution in [3.8, 4) is 6.07 Å². The Balaban J connectivity index is 2.31. The van der Waals surface area contributed by atoms with Crippen LogP contribution in [-0.2, 0) is 0 Å². The zero-order chi connectivity index (χ0) is 13.1. The van der Waals surface area contributed by atoms with Crippen molar-refractivity contribution >= 4 is 23.0 Å². The Kier molecular flexibility index (Phi) is 3.40. The molecule has 0 atom stereocenters. The van der Waals surface area contributed by atoms with E-state index in [0.29, 0.717) is 5.69 Å². The van der Waals surface area contributed by atoms with Gasteiger partial charge in [-0.1, -0.05) is 11.6 Å². The van der Waals surface area contributed by atoms with Crippen molar-refractivity contribution in [1.82, 2.24) is 4.98 Å². The summed E-state index contributed by atoms with van der Waals surface area (Å²) in [5.41, 5.74) is 0.650. The monoisotopic (exact) mass is 265 g/mol. The molecule has 0 amide bonds. The normalized spacial score (nSPS) is 9.89. The van der Waals surface area contributed by atoms with Crippen molar-refractivity contribution in [2.24, 2.45) is 0 Å². The number of hydrogen-bond acceptors (Lipinski definition) is 3. The standard InChI is InChI=1S/C12H6ClF2N3/c13-10-3-7(14)4-11(15)12(10)18-9-2-1-8(5-16)17-6-9/h1-4,6,18H. The van der Waals surface area contributed by atoms with E-state index in [1.54, 1.807) is 6.07 Å². The molecule has 2 rings (SSSR count). The molecule has 0 saturated heterocycles. The van der Waals surface area contributed by atoms with Crippen molar-refractivity contribution in [3.05, 3.63) is 52.8 Å². The Hall–Kier alpha value is -2.19. The third-order valence-corrected chi connectivity index (χ3v) is 2.45. The number of benzene rings is 1. The summed E-state index contributed by atoms with van der Waals surface area (Å²) in [6.45, 7) is 0. The Bertz CT molecular complexity index is 597. The third-order valence-electron chi connectivity index (χ3n) is 2.15. The summed E-state index contributed by atoms with van der Waals surface area (Å²) in [5.74, 6) is -1.55. The van der Waals surface area contributed by atoms with E-state index >= 15 is 0 Å². The number of nitriles is 1. The first-order valence-electron chi connectivity index (χ1n) is 4.88. The van der Waals surface area contributed by atoms with Gasteiger partial charge in [-0.2, -0.15) is 5.26 Å². The molecule has 1 aromatic carbocycles. The zero-order valence-electron chi connectivity index (χ0n) is 8.92. The molecular weight excluding hydrogens is 260 g/mol. The van der Waals surface area contributed by atoms with Gasteiger partial charge in [0.1, 0.15) is 17.6 Å². The van der Waals surface area contributed by atoms with E-state index in [1.807, 2.05) is 6.07 Å². The molecule has 3 nitrogen and oxygen atoms in total. The van der Waals surface area contributed by atoms with Crippen molar-refractivity contribution < 1.29 is 8.78 Å². The highest BCUT2D eigenvalue weighted by molar-refractivity contribution is 6.33. The lowest BCUT2D eigenvalue weighted by atomic mass is 10.2. The van der Waals surface area contributed by atoms with Crippen molar-refractivity contribution in [2.45, 2.75) is 0 Å². The maximum atomic E-state index is 13.5. The number of nitrogens with zero attached hydrogens (tertiary/aromatic N) is 2. The molecule has 90 valence electrons. The molecule has 6 heteroatoms. The van der Waals surface area contributed by atoms with Crippen LogP contribution >= 0.6 is 11.6 Å². The second-order valence-electron chi connectivity index (χ2n) is 3.41. The fourth-order valence-corrected chi connectivity index (χ4v) is 1.58. The third kappa shape index (κ3) is 2.55. The summed E-state index contributed by atoms with van der Waals surface area (Å²) in [6.07, 6.45) is 1.36.